The second-order valence-electron chi connectivity index (χ2n) is 3.51. The lowest BCUT2D eigenvalue weighted by Gasteiger charge is -2.15. The van der Waals surface area contributed by atoms with Gasteiger partial charge in [-0.1, -0.05) is 24.4 Å². The minimum Gasteiger partial charge on any atom is -0.389 e. The molecule has 1 aromatic carbocycles. The van der Waals surface area contributed by atoms with Gasteiger partial charge in [-0.15, -0.1) is 0 Å². The monoisotopic (exact) mass is 205 g/mol. The Hall–Kier alpha value is -1.22. The number of thiocarbonyl (C=S) groups is 1. The van der Waals surface area contributed by atoms with Gasteiger partial charge in [-0.2, -0.15) is 0 Å². The van der Waals surface area contributed by atoms with Crippen LogP contribution >= 0.6 is 12.2 Å². The van der Waals surface area contributed by atoms with Crippen molar-refractivity contribution >= 4 is 23.0 Å². The largest absolute Gasteiger partial charge is 0.389 e. The van der Waals surface area contributed by atoms with Crippen LogP contribution < -0.4 is 5.73 Å². The van der Waals surface area contributed by atoms with E-state index in [-0.39, 0.29) is 5.78 Å². The van der Waals surface area contributed by atoms with Gasteiger partial charge in [-0.3, -0.25) is 4.79 Å². The minimum absolute atomic E-state index is 0.212. The van der Waals surface area contributed by atoms with Gasteiger partial charge in [-0.25, -0.2) is 0 Å². The van der Waals surface area contributed by atoms with Crippen molar-refractivity contribution in [2.75, 3.05) is 0 Å². The van der Waals surface area contributed by atoms with E-state index in [9.17, 15) is 4.79 Å². The van der Waals surface area contributed by atoms with Crippen molar-refractivity contribution in [3.63, 3.8) is 0 Å². The van der Waals surface area contributed by atoms with Crippen LogP contribution in [0.1, 0.15) is 34.3 Å². The van der Waals surface area contributed by atoms with Gasteiger partial charge >= 0.3 is 0 Å². The summed E-state index contributed by atoms with van der Waals surface area (Å²) in [5, 5.41) is 0. The van der Waals surface area contributed by atoms with Gasteiger partial charge in [0.05, 0.1) is 0 Å². The highest BCUT2D eigenvalue weighted by Crippen LogP contribution is 2.22. The van der Waals surface area contributed by atoms with Gasteiger partial charge in [-0.05, 0) is 24.5 Å². The highest BCUT2D eigenvalue weighted by molar-refractivity contribution is 7.80. The molecule has 2 nitrogen and oxygen atoms in total. The van der Waals surface area contributed by atoms with Crippen LogP contribution in [0.3, 0.4) is 0 Å². The van der Waals surface area contributed by atoms with Gasteiger partial charge in [0.2, 0.25) is 0 Å². The van der Waals surface area contributed by atoms with E-state index in [0.717, 1.165) is 29.5 Å². The molecule has 72 valence electrons. The van der Waals surface area contributed by atoms with Crippen molar-refractivity contribution in [2.24, 2.45) is 5.73 Å². The minimum atomic E-state index is 0.212. The third-order valence-electron chi connectivity index (χ3n) is 2.54. The molecule has 0 saturated heterocycles. The quantitative estimate of drug-likeness (QED) is 0.711. The molecule has 2 rings (SSSR count). The lowest BCUT2D eigenvalue weighted by atomic mass is 9.89. The highest BCUT2D eigenvalue weighted by Gasteiger charge is 2.17. The number of ketones is 1. The number of hydrogen-bond acceptors (Lipinski definition) is 2. The van der Waals surface area contributed by atoms with Crippen molar-refractivity contribution in [1.82, 2.24) is 0 Å². The topological polar surface area (TPSA) is 43.1 Å². The van der Waals surface area contributed by atoms with Crippen molar-refractivity contribution in [3.8, 4) is 0 Å². The fourth-order valence-electron chi connectivity index (χ4n) is 1.78. The van der Waals surface area contributed by atoms with E-state index in [1.807, 2.05) is 18.2 Å². The van der Waals surface area contributed by atoms with Gasteiger partial charge in [0.25, 0.3) is 0 Å². The Balaban J connectivity index is 2.51. The van der Waals surface area contributed by atoms with Crippen molar-refractivity contribution in [3.05, 3.63) is 34.9 Å². The zero-order valence-electron chi connectivity index (χ0n) is 7.75. The lowest BCUT2D eigenvalue weighted by Crippen LogP contribution is -2.15. The molecule has 0 spiro atoms. The Morgan fingerprint density at radius 2 is 2.14 bits per heavy atom. The number of benzene rings is 1. The van der Waals surface area contributed by atoms with E-state index in [0.29, 0.717) is 11.4 Å². The van der Waals surface area contributed by atoms with E-state index >= 15 is 0 Å². The molecule has 1 aliphatic carbocycles. The molecule has 14 heavy (non-hydrogen) atoms. The molecule has 0 atom stereocenters. The first-order valence-corrected chi connectivity index (χ1v) is 5.05. The molecule has 0 radical (unpaired) electrons. The molecule has 1 aromatic rings. The van der Waals surface area contributed by atoms with Gasteiger partial charge < -0.3 is 5.73 Å². The smallest absolute Gasteiger partial charge is 0.163 e. The number of rotatable bonds is 1. The standard InChI is InChI=1S/C11H11NOS/c12-11(14)8-5-4-7-2-1-3-10(13)9(7)6-8/h4-6H,1-3H2,(H2,12,14). The maximum atomic E-state index is 11.6. The fourth-order valence-corrected chi connectivity index (χ4v) is 1.91. The SMILES string of the molecule is NC(=S)c1ccc2c(c1)C(=O)CCC2. The molecule has 0 fully saturated rings. The van der Waals surface area contributed by atoms with E-state index in [1.165, 1.54) is 0 Å². The zero-order chi connectivity index (χ0) is 10.1. The first-order chi connectivity index (χ1) is 6.68. The number of carbonyl (C=O) groups is 1. The van der Waals surface area contributed by atoms with E-state index in [4.69, 9.17) is 18.0 Å². The number of carbonyl (C=O) groups excluding carboxylic acids is 1. The molecule has 2 N–H and O–H groups in total. The molecule has 1 aliphatic rings. The van der Waals surface area contributed by atoms with Gasteiger partial charge in [0.15, 0.2) is 5.78 Å². The summed E-state index contributed by atoms with van der Waals surface area (Å²) in [5.41, 5.74) is 8.23. The van der Waals surface area contributed by atoms with E-state index < -0.39 is 0 Å². The normalized spacial score (nSPS) is 15.0. The summed E-state index contributed by atoms with van der Waals surface area (Å²) in [7, 11) is 0. The van der Waals surface area contributed by atoms with Gasteiger partial charge in [0, 0.05) is 17.5 Å². The van der Waals surface area contributed by atoms with Crippen LogP contribution in [0.25, 0.3) is 0 Å². The van der Waals surface area contributed by atoms with Crippen molar-refractivity contribution in [1.29, 1.82) is 0 Å². The average molecular weight is 205 g/mol. The van der Waals surface area contributed by atoms with Gasteiger partial charge in [0.1, 0.15) is 4.99 Å². The summed E-state index contributed by atoms with van der Waals surface area (Å²) in [4.78, 5) is 11.9. The van der Waals surface area contributed by atoms with E-state index in [2.05, 4.69) is 0 Å². The number of hydrogen-bond donors (Lipinski definition) is 1. The second-order valence-corrected chi connectivity index (χ2v) is 3.95. The Kier molecular flexibility index (Phi) is 2.33. The van der Waals surface area contributed by atoms with Crippen LogP contribution in [-0.4, -0.2) is 10.8 Å². The molecule has 0 unspecified atom stereocenters. The maximum Gasteiger partial charge on any atom is 0.163 e. The van der Waals surface area contributed by atoms with E-state index in [1.54, 1.807) is 0 Å². The van der Waals surface area contributed by atoms with Crippen LogP contribution in [0.2, 0.25) is 0 Å². The Morgan fingerprint density at radius 3 is 2.86 bits per heavy atom. The summed E-state index contributed by atoms with van der Waals surface area (Å²) in [5.74, 6) is 0.212. The van der Waals surface area contributed by atoms with Crippen molar-refractivity contribution in [2.45, 2.75) is 19.3 Å². The molecular weight excluding hydrogens is 194 g/mol. The summed E-state index contributed by atoms with van der Waals surface area (Å²) < 4.78 is 0. The maximum absolute atomic E-state index is 11.6. The average Bonchev–Trinajstić information content (AvgIpc) is 2.18. The molecule has 0 aliphatic heterocycles. The predicted molar refractivity (Wildman–Crippen MR) is 59.6 cm³/mol. The zero-order valence-corrected chi connectivity index (χ0v) is 8.56. The summed E-state index contributed by atoms with van der Waals surface area (Å²) in [6.07, 6.45) is 2.59. The Labute approximate surface area is 88.1 Å². The Morgan fingerprint density at radius 1 is 1.36 bits per heavy atom. The first-order valence-electron chi connectivity index (χ1n) is 4.64. The fraction of sp³-hybridized carbons (Fsp3) is 0.273. The lowest BCUT2D eigenvalue weighted by molar-refractivity contribution is 0.0972. The highest BCUT2D eigenvalue weighted by atomic mass is 32.1. The van der Waals surface area contributed by atoms with Crippen LogP contribution in [0, 0.1) is 0 Å². The third kappa shape index (κ3) is 1.55. The molecule has 0 aromatic heterocycles. The first kappa shape index (κ1) is 9.34. The summed E-state index contributed by atoms with van der Waals surface area (Å²) in [6, 6.07) is 5.67. The van der Waals surface area contributed by atoms with Crippen LogP contribution in [0.5, 0.6) is 0 Å². The molecular formula is C11H11NOS. The number of nitrogens with two attached hydrogens (primary N) is 1. The molecule has 0 saturated carbocycles. The molecule has 0 heterocycles. The van der Waals surface area contributed by atoms with Crippen LogP contribution in [0.4, 0.5) is 0 Å². The van der Waals surface area contributed by atoms with Crippen LogP contribution in [0.15, 0.2) is 18.2 Å². The Bertz CT molecular complexity index is 412. The predicted octanol–water partition coefficient (Wildman–Crippen LogP) is 1.84. The summed E-state index contributed by atoms with van der Waals surface area (Å²) >= 11 is 4.87. The van der Waals surface area contributed by atoms with Crippen molar-refractivity contribution < 1.29 is 4.79 Å². The van der Waals surface area contributed by atoms with Crippen LogP contribution in [-0.2, 0) is 6.42 Å². The number of Topliss-reactive ketones (excluding diaryl/α,β-unsaturated/α-hetero) is 1. The molecule has 0 amide bonds. The molecule has 3 heteroatoms. The molecule has 0 bridgehead atoms. The third-order valence-corrected chi connectivity index (χ3v) is 2.78. The summed E-state index contributed by atoms with van der Waals surface area (Å²) in [6.45, 7) is 0. The number of fused-ring (bicyclic) bond motifs is 1. The second kappa shape index (κ2) is 3.50. The number of aryl methyl sites for hydroxylation is 1.